The van der Waals surface area contributed by atoms with Gasteiger partial charge in [-0.3, -0.25) is 9.48 Å². The van der Waals surface area contributed by atoms with Gasteiger partial charge >= 0.3 is 5.97 Å². The number of nitrogens with zero attached hydrogens (tertiary/aromatic N) is 3. The van der Waals surface area contributed by atoms with Crippen LogP contribution in [0.25, 0.3) is 0 Å². The predicted molar refractivity (Wildman–Crippen MR) is 99.7 cm³/mol. The van der Waals surface area contributed by atoms with E-state index in [-0.39, 0.29) is 24.1 Å². The molecular formula is C20H25N3O4. The summed E-state index contributed by atoms with van der Waals surface area (Å²) in [7, 11) is 0. The number of likely N-dealkylation sites (tertiary alicyclic amines) is 1. The molecule has 7 nitrogen and oxygen atoms in total. The van der Waals surface area contributed by atoms with Gasteiger partial charge in [-0.15, -0.1) is 0 Å². The Kier molecular flexibility index (Phi) is 6.24. The van der Waals surface area contributed by atoms with E-state index in [1.807, 2.05) is 35.2 Å². The molecule has 0 atom stereocenters. The van der Waals surface area contributed by atoms with Crippen LogP contribution in [0.2, 0.25) is 0 Å². The first-order valence-electron chi connectivity index (χ1n) is 9.23. The third-order valence-electron chi connectivity index (χ3n) is 5.04. The summed E-state index contributed by atoms with van der Waals surface area (Å²) < 4.78 is 7.32. The molecular weight excluding hydrogens is 346 g/mol. The first-order valence-corrected chi connectivity index (χ1v) is 9.23. The zero-order chi connectivity index (χ0) is 19.2. The Balaban J connectivity index is 1.42. The van der Waals surface area contributed by atoms with E-state index in [9.17, 15) is 9.59 Å². The first kappa shape index (κ1) is 19.1. The Labute approximate surface area is 158 Å². The van der Waals surface area contributed by atoms with E-state index in [1.54, 1.807) is 11.6 Å². The van der Waals surface area contributed by atoms with Gasteiger partial charge in [0.1, 0.15) is 12.2 Å². The summed E-state index contributed by atoms with van der Waals surface area (Å²) in [4.78, 5) is 25.3. The van der Waals surface area contributed by atoms with E-state index in [2.05, 4.69) is 5.10 Å². The Hall–Kier alpha value is -2.67. The third-order valence-corrected chi connectivity index (χ3v) is 5.04. The van der Waals surface area contributed by atoms with Crippen molar-refractivity contribution >= 4 is 11.9 Å². The molecule has 1 aliphatic heterocycles. The highest BCUT2D eigenvalue weighted by molar-refractivity contribution is 5.88. The van der Waals surface area contributed by atoms with E-state index in [4.69, 9.17) is 9.84 Å². The summed E-state index contributed by atoms with van der Waals surface area (Å²) in [6.45, 7) is 3.66. The summed E-state index contributed by atoms with van der Waals surface area (Å²) in [5.74, 6) is -0.955. The highest BCUT2D eigenvalue weighted by Crippen LogP contribution is 2.24. The second-order valence-corrected chi connectivity index (χ2v) is 6.79. The maximum atomic E-state index is 12.3. The standard InChI is InChI=1S/C20H25N3O4/c1-15-18(20(25)26)13-21-23(15)17-7-10-22(11-8-17)19(24)14-27-12-9-16-5-3-2-4-6-16/h2-6,13,17H,7-12,14H2,1H3,(H,25,26). The van der Waals surface area contributed by atoms with E-state index >= 15 is 0 Å². The average Bonchev–Trinajstić information content (AvgIpc) is 3.07. The molecule has 1 aromatic carbocycles. The van der Waals surface area contributed by atoms with Crippen molar-refractivity contribution in [2.45, 2.75) is 32.2 Å². The third kappa shape index (κ3) is 4.74. The van der Waals surface area contributed by atoms with E-state index < -0.39 is 5.97 Å². The Morgan fingerprint density at radius 3 is 2.56 bits per heavy atom. The van der Waals surface area contributed by atoms with E-state index in [0.717, 1.165) is 19.3 Å². The van der Waals surface area contributed by atoms with Gasteiger partial charge in [-0.05, 0) is 31.7 Å². The molecule has 0 bridgehead atoms. The zero-order valence-electron chi connectivity index (χ0n) is 15.5. The van der Waals surface area contributed by atoms with Crippen molar-refractivity contribution < 1.29 is 19.4 Å². The Bertz CT molecular complexity index is 780. The number of carboxylic acid groups (broad SMARTS) is 1. The molecule has 7 heteroatoms. The molecule has 1 aliphatic rings. The van der Waals surface area contributed by atoms with Crippen LogP contribution in [0.4, 0.5) is 0 Å². The highest BCUT2D eigenvalue weighted by atomic mass is 16.5. The molecule has 0 saturated carbocycles. The predicted octanol–water partition coefficient (Wildman–Crippen LogP) is 2.31. The molecule has 2 aromatic rings. The van der Waals surface area contributed by atoms with Crippen molar-refractivity contribution in [2.24, 2.45) is 0 Å². The van der Waals surface area contributed by atoms with Crippen LogP contribution in [0.3, 0.4) is 0 Å². The van der Waals surface area contributed by atoms with Crippen LogP contribution in [-0.2, 0) is 16.0 Å². The summed E-state index contributed by atoms with van der Waals surface area (Å²) in [5, 5.41) is 13.4. The minimum absolute atomic E-state index is 0.00456. The van der Waals surface area contributed by atoms with Crippen LogP contribution in [0.1, 0.15) is 40.5 Å². The van der Waals surface area contributed by atoms with Gasteiger partial charge in [0.05, 0.1) is 24.5 Å². The summed E-state index contributed by atoms with van der Waals surface area (Å²) in [5.41, 5.74) is 2.10. The molecule has 1 fully saturated rings. The SMILES string of the molecule is Cc1c(C(=O)O)cnn1C1CCN(C(=O)COCCc2ccccc2)CC1. The number of carbonyl (C=O) groups excluding carboxylic acids is 1. The second kappa shape index (κ2) is 8.81. The number of carbonyl (C=O) groups is 2. The molecule has 3 rings (SSSR count). The fourth-order valence-electron chi connectivity index (χ4n) is 3.45. The topological polar surface area (TPSA) is 84.7 Å². The molecule has 27 heavy (non-hydrogen) atoms. The quantitative estimate of drug-likeness (QED) is 0.755. The molecule has 144 valence electrons. The van der Waals surface area contributed by atoms with Crippen LogP contribution in [-0.4, -0.2) is 58.0 Å². The van der Waals surface area contributed by atoms with Gasteiger partial charge in [0.2, 0.25) is 5.91 Å². The molecule has 1 amide bonds. The van der Waals surface area contributed by atoms with E-state index in [1.165, 1.54) is 11.8 Å². The van der Waals surface area contributed by atoms with Gasteiger partial charge in [-0.1, -0.05) is 30.3 Å². The van der Waals surface area contributed by atoms with Crippen LogP contribution in [0.5, 0.6) is 0 Å². The second-order valence-electron chi connectivity index (χ2n) is 6.79. The number of ether oxygens (including phenoxy) is 1. The number of aromatic carboxylic acids is 1. The normalized spacial score (nSPS) is 15.1. The van der Waals surface area contributed by atoms with Crippen molar-refractivity contribution in [3.63, 3.8) is 0 Å². The van der Waals surface area contributed by atoms with Gasteiger partial charge in [0, 0.05) is 13.1 Å². The number of hydrogen-bond donors (Lipinski definition) is 1. The van der Waals surface area contributed by atoms with Crippen LogP contribution in [0.15, 0.2) is 36.5 Å². The average molecular weight is 371 g/mol. The largest absolute Gasteiger partial charge is 0.478 e. The van der Waals surface area contributed by atoms with Gasteiger partial charge in [0.15, 0.2) is 0 Å². The molecule has 1 N–H and O–H groups in total. The number of hydrogen-bond acceptors (Lipinski definition) is 4. The fraction of sp³-hybridized carbons (Fsp3) is 0.450. The first-order chi connectivity index (χ1) is 13.1. The highest BCUT2D eigenvalue weighted by Gasteiger charge is 2.26. The summed E-state index contributed by atoms with van der Waals surface area (Å²) in [6.07, 6.45) is 3.71. The number of rotatable bonds is 7. The van der Waals surface area contributed by atoms with Crippen molar-refractivity contribution in [3.8, 4) is 0 Å². The molecule has 1 aromatic heterocycles. The minimum atomic E-state index is -0.959. The lowest BCUT2D eigenvalue weighted by Gasteiger charge is -2.32. The number of piperidine rings is 1. The lowest BCUT2D eigenvalue weighted by molar-refractivity contribution is -0.137. The van der Waals surface area contributed by atoms with E-state index in [0.29, 0.717) is 25.4 Å². The maximum Gasteiger partial charge on any atom is 0.339 e. The lowest BCUT2D eigenvalue weighted by atomic mass is 10.0. The van der Waals surface area contributed by atoms with Crippen molar-refractivity contribution in [1.82, 2.24) is 14.7 Å². The summed E-state index contributed by atoms with van der Waals surface area (Å²) in [6, 6.07) is 10.2. The number of benzene rings is 1. The fourth-order valence-corrected chi connectivity index (χ4v) is 3.45. The monoisotopic (exact) mass is 371 g/mol. The molecule has 1 saturated heterocycles. The van der Waals surface area contributed by atoms with Gasteiger partial charge in [-0.25, -0.2) is 4.79 Å². The summed E-state index contributed by atoms with van der Waals surface area (Å²) >= 11 is 0. The molecule has 0 spiro atoms. The smallest absolute Gasteiger partial charge is 0.339 e. The lowest BCUT2D eigenvalue weighted by Crippen LogP contribution is -2.41. The molecule has 0 unspecified atom stereocenters. The van der Waals surface area contributed by atoms with Crippen LogP contribution in [0, 0.1) is 6.92 Å². The zero-order valence-corrected chi connectivity index (χ0v) is 15.5. The van der Waals surface area contributed by atoms with Gasteiger partial charge in [-0.2, -0.15) is 5.10 Å². The van der Waals surface area contributed by atoms with Crippen LogP contribution < -0.4 is 0 Å². The van der Waals surface area contributed by atoms with Gasteiger partial charge < -0.3 is 14.7 Å². The minimum Gasteiger partial charge on any atom is -0.478 e. The van der Waals surface area contributed by atoms with Crippen LogP contribution >= 0.6 is 0 Å². The van der Waals surface area contributed by atoms with Crippen molar-refractivity contribution in [1.29, 1.82) is 0 Å². The van der Waals surface area contributed by atoms with Crippen molar-refractivity contribution in [3.05, 3.63) is 53.3 Å². The Morgan fingerprint density at radius 1 is 1.22 bits per heavy atom. The van der Waals surface area contributed by atoms with Gasteiger partial charge in [0.25, 0.3) is 0 Å². The number of aromatic nitrogens is 2. The molecule has 0 aliphatic carbocycles. The van der Waals surface area contributed by atoms with Crippen molar-refractivity contribution in [2.75, 3.05) is 26.3 Å². The molecule has 2 heterocycles. The Morgan fingerprint density at radius 2 is 1.93 bits per heavy atom. The number of amides is 1. The number of carboxylic acids is 1. The molecule has 0 radical (unpaired) electrons. The maximum absolute atomic E-state index is 12.3.